The smallest absolute Gasteiger partial charge is 0.257 e. The van der Waals surface area contributed by atoms with Crippen molar-refractivity contribution in [3.8, 4) is 0 Å². The highest BCUT2D eigenvalue weighted by molar-refractivity contribution is 5.95. The molecule has 1 aromatic heterocycles. The maximum absolute atomic E-state index is 12.8. The molecule has 132 valence electrons. The van der Waals surface area contributed by atoms with E-state index in [9.17, 15) is 9.59 Å². The summed E-state index contributed by atoms with van der Waals surface area (Å²) >= 11 is 0. The summed E-state index contributed by atoms with van der Waals surface area (Å²) in [6, 6.07) is 9.46. The molecule has 1 saturated heterocycles. The predicted molar refractivity (Wildman–Crippen MR) is 93.7 cm³/mol. The summed E-state index contributed by atoms with van der Waals surface area (Å²) in [6.07, 6.45) is 1.72. The van der Waals surface area contributed by atoms with Crippen molar-refractivity contribution in [2.45, 2.75) is 19.5 Å². The predicted octanol–water partition coefficient (Wildman–Crippen LogP) is 0.540. The molecule has 0 radical (unpaired) electrons. The second kappa shape index (κ2) is 7.06. The zero-order valence-corrected chi connectivity index (χ0v) is 14.6. The highest BCUT2D eigenvalue weighted by Crippen LogP contribution is 2.17. The van der Waals surface area contributed by atoms with Gasteiger partial charge in [0.25, 0.3) is 5.91 Å². The lowest BCUT2D eigenvalue weighted by atomic mass is 10.1. The molecule has 0 bridgehead atoms. The van der Waals surface area contributed by atoms with Gasteiger partial charge < -0.3 is 10.6 Å². The molecule has 2 aromatic rings. The van der Waals surface area contributed by atoms with Crippen LogP contribution < -0.4 is 5.73 Å². The highest BCUT2D eigenvalue weighted by atomic mass is 16.2. The van der Waals surface area contributed by atoms with Crippen molar-refractivity contribution < 1.29 is 9.59 Å². The van der Waals surface area contributed by atoms with Crippen molar-refractivity contribution in [2.24, 2.45) is 12.8 Å². The van der Waals surface area contributed by atoms with E-state index in [4.69, 9.17) is 5.73 Å². The minimum atomic E-state index is -0.491. The number of piperazine rings is 1. The number of rotatable bonds is 4. The molecule has 2 heterocycles. The zero-order valence-electron chi connectivity index (χ0n) is 14.6. The average molecular weight is 341 g/mol. The minimum Gasteiger partial charge on any atom is -0.368 e. The normalized spacial score (nSPS) is 18.3. The molecule has 1 unspecified atom stereocenters. The molecule has 3 rings (SSSR count). The maximum Gasteiger partial charge on any atom is 0.257 e. The number of primary amides is 1. The molecule has 1 aliphatic heterocycles. The van der Waals surface area contributed by atoms with Crippen molar-refractivity contribution in [1.82, 2.24) is 19.6 Å². The van der Waals surface area contributed by atoms with Gasteiger partial charge in [0.1, 0.15) is 6.04 Å². The summed E-state index contributed by atoms with van der Waals surface area (Å²) in [5.41, 5.74) is 7.99. The van der Waals surface area contributed by atoms with Gasteiger partial charge in [-0.25, -0.2) is 0 Å². The van der Waals surface area contributed by atoms with E-state index < -0.39 is 11.9 Å². The fourth-order valence-electron chi connectivity index (χ4n) is 3.26. The van der Waals surface area contributed by atoms with Crippen LogP contribution in [0.4, 0.5) is 0 Å². The third kappa shape index (κ3) is 3.71. The first kappa shape index (κ1) is 17.2. The van der Waals surface area contributed by atoms with E-state index in [-0.39, 0.29) is 5.91 Å². The van der Waals surface area contributed by atoms with Crippen LogP contribution in [-0.4, -0.2) is 57.1 Å². The van der Waals surface area contributed by atoms with Crippen LogP contribution in [0, 0.1) is 6.92 Å². The number of carbonyl (C=O) groups excluding carboxylic acids is 2. The van der Waals surface area contributed by atoms with E-state index in [0.29, 0.717) is 37.4 Å². The Morgan fingerprint density at radius 1 is 1.24 bits per heavy atom. The topological polar surface area (TPSA) is 84.5 Å². The molecule has 1 aromatic carbocycles. The standard InChI is InChI=1S/C18H23N5O2/c1-13-15(11-21(2)20-13)18(25)23-9-8-22(16(12-23)17(19)24)10-14-6-4-3-5-7-14/h3-7,11,16H,8-10,12H2,1-2H3,(H2,19,24). The van der Waals surface area contributed by atoms with Crippen molar-refractivity contribution in [2.75, 3.05) is 19.6 Å². The zero-order chi connectivity index (χ0) is 18.0. The Balaban J connectivity index is 1.74. The second-order valence-electron chi connectivity index (χ2n) is 6.43. The number of aromatic nitrogens is 2. The van der Waals surface area contributed by atoms with Gasteiger partial charge >= 0.3 is 0 Å². The van der Waals surface area contributed by atoms with E-state index in [0.717, 1.165) is 5.56 Å². The van der Waals surface area contributed by atoms with Crippen LogP contribution in [0.5, 0.6) is 0 Å². The number of amides is 2. The molecule has 1 fully saturated rings. The van der Waals surface area contributed by atoms with Gasteiger partial charge in [-0.15, -0.1) is 0 Å². The molecule has 7 nitrogen and oxygen atoms in total. The summed E-state index contributed by atoms with van der Waals surface area (Å²) in [5, 5.41) is 4.22. The lowest BCUT2D eigenvalue weighted by Gasteiger charge is -2.39. The molecule has 0 spiro atoms. The largest absolute Gasteiger partial charge is 0.368 e. The minimum absolute atomic E-state index is 0.101. The van der Waals surface area contributed by atoms with Gasteiger partial charge in [-0.3, -0.25) is 19.2 Å². The van der Waals surface area contributed by atoms with Crippen LogP contribution in [0.1, 0.15) is 21.6 Å². The Labute approximate surface area is 147 Å². The third-order valence-corrected chi connectivity index (χ3v) is 4.58. The summed E-state index contributed by atoms with van der Waals surface area (Å²) in [4.78, 5) is 28.5. The molecule has 1 atom stereocenters. The van der Waals surface area contributed by atoms with Gasteiger partial charge in [0, 0.05) is 39.4 Å². The molecule has 1 aliphatic rings. The Kier molecular flexibility index (Phi) is 4.85. The Morgan fingerprint density at radius 3 is 2.56 bits per heavy atom. The molecular weight excluding hydrogens is 318 g/mol. The van der Waals surface area contributed by atoms with Crippen LogP contribution in [0.15, 0.2) is 36.5 Å². The molecule has 7 heteroatoms. The van der Waals surface area contributed by atoms with Gasteiger partial charge in [0.15, 0.2) is 0 Å². The molecule has 0 aliphatic carbocycles. The second-order valence-corrected chi connectivity index (χ2v) is 6.43. The lowest BCUT2D eigenvalue weighted by Crippen LogP contribution is -2.58. The van der Waals surface area contributed by atoms with Crippen molar-refractivity contribution in [1.29, 1.82) is 0 Å². The van der Waals surface area contributed by atoms with E-state index in [1.54, 1.807) is 22.8 Å². The summed E-state index contributed by atoms with van der Waals surface area (Å²) in [7, 11) is 1.79. The first-order valence-corrected chi connectivity index (χ1v) is 8.32. The Bertz CT molecular complexity index is 771. The first-order valence-electron chi connectivity index (χ1n) is 8.32. The number of carbonyl (C=O) groups is 2. The average Bonchev–Trinajstić information content (AvgIpc) is 2.93. The van der Waals surface area contributed by atoms with E-state index in [1.807, 2.05) is 42.2 Å². The molecule has 25 heavy (non-hydrogen) atoms. The number of hydrogen-bond acceptors (Lipinski definition) is 4. The van der Waals surface area contributed by atoms with Crippen LogP contribution in [-0.2, 0) is 18.4 Å². The fourth-order valence-corrected chi connectivity index (χ4v) is 3.26. The molecule has 0 saturated carbocycles. The SMILES string of the molecule is Cc1nn(C)cc1C(=O)N1CCN(Cc2ccccc2)C(C(N)=O)C1. The quantitative estimate of drug-likeness (QED) is 0.880. The monoisotopic (exact) mass is 341 g/mol. The number of nitrogens with two attached hydrogens (primary N) is 1. The Morgan fingerprint density at radius 2 is 1.96 bits per heavy atom. The summed E-state index contributed by atoms with van der Waals surface area (Å²) < 4.78 is 1.62. The van der Waals surface area contributed by atoms with Crippen molar-refractivity contribution in [3.63, 3.8) is 0 Å². The first-order chi connectivity index (χ1) is 12.0. The van der Waals surface area contributed by atoms with Gasteiger partial charge in [-0.2, -0.15) is 5.10 Å². The summed E-state index contributed by atoms with van der Waals surface area (Å²) in [5.74, 6) is -0.507. The van der Waals surface area contributed by atoms with Crippen LogP contribution in [0.2, 0.25) is 0 Å². The highest BCUT2D eigenvalue weighted by Gasteiger charge is 2.34. The number of hydrogen-bond donors (Lipinski definition) is 1. The number of aryl methyl sites for hydroxylation is 2. The van der Waals surface area contributed by atoms with Crippen LogP contribution >= 0.6 is 0 Å². The summed E-state index contributed by atoms with van der Waals surface area (Å²) in [6.45, 7) is 3.92. The number of nitrogens with zero attached hydrogens (tertiary/aromatic N) is 4. The Hall–Kier alpha value is -2.67. The molecular formula is C18H23N5O2. The molecule has 2 amide bonds. The van der Waals surface area contributed by atoms with E-state index >= 15 is 0 Å². The van der Waals surface area contributed by atoms with Crippen molar-refractivity contribution >= 4 is 11.8 Å². The maximum atomic E-state index is 12.8. The van der Waals surface area contributed by atoms with Crippen molar-refractivity contribution in [3.05, 3.63) is 53.3 Å². The fraction of sp³-hybridized carbons (Fsp3) is 0.389. The third-order valence-electron chi connectivity index (χ3n) is 4.58. The van der Waals surface area contributed by atoms with E-state index in [1.165, 1.54) is 0 Å². The lowest BCUT2D eigenvalue weighted by molar-refractivity contribution is -0.125. The van der Waals surface area contributed by atoms with Gasteiger partial charge in [-0.05, 0) is 12.5 Å². The van der Waals surface area contributed by atoms with E-state index in [2.05, 4.69) is 5.10 Å². The molecule has 2 N–H and O–H groups in total. The van der Waals surface area contributed by atoms with Gasteiger partial charge in [-0.1, -0.05) is 30.3 Å². The van der Waals surface area contributed by atoms with Crippen LogP contribution in [0.3, 0.4) is 0 Å². The van der Waals surface area contributed by atoms with Crippen LogP contribution in [0.25, 0.3) is 0 Å². The number of benzene rings is 1. The van der Waals surface area contributed by atoms with Gasteiger partial charge in [0.05, 0.1) is 11.3 Å². The van der Waals surface area contributed by atoms with Gasteiger partial charge in [0.2, 0.25) is 5.91 Å².